The quantitative estimate of drug-likeness (QED) is 0.878. The summed E-state index contributed by atoms with van der Waals surface area (Å²) in [5.41, 5.74) is 1.95. The minimum absolute atomic E-state index is 0.0138. The van der Waals surface area contributed by atoms with Gasteiger partial charge in [0.15, 0.2) is 5.09 Å². The zero-order valence-corrected chi connectivity index (χ0v) is 15.5. The van der Waals surface area contributed by atoms with Gasteiger partial charge < -0.3 is 9.52 Å². The zero-order chi connectivity index (χ0) is 17.1. The van der Waals surface area contributed by atoms with E-state index in [0.29, 0.717) is 0 Å². The van der Waals surface area contributed by atoms with E-state index in [4.69, 9.17) is 4.42 Å². The standard InChI is InChI=1S/C19H27N3O2S/c23-14-15-11-16-12-21(9-4-10-22(16)20-15)13-17-7-8-19(24-17)25-18-5-2-1-3-6-18/h7-8,11,18,23H,1-6,9-10,12-14H2. The first-order valence-electron chi connectivity index (χ1n) is 9.44. The highest BCUT2D eigenvalue weighted by Gasteiger charge is 2.19. The van der Waals surface area contributed by atoms with Gasteiger partial charge in [0.25, 0.3) is 0 Å². The Morgan fingerprint density at radius 1 is 1.16 bits per heavy atom. The van der Waals surface area contributed by atoms with Crippen LogP contribution in [0.4, 0.5) is 0 Å². The number of furan rings is 1. The van der Waals surface area contributed by atoms with Crippen molar-refractivity contribution >= 4 is 11.8 Å². The first-order chi connectivity index (χ1) is 12.3. The van der Waals surface area contributed by atoms with Crippen LogP contribution in [-0.2, 0) is 26.2 Å². The van der Waals surface area contributed by atoms with E-state index < -0.39 is 0 Å². The van der Waals surface area contributed by atoms with Crippen molar-refractivity contribution in [2.45, 2.75) is 75.1 Å². The van der Waals surface area contributed by atoms with Crippen molar-refractivity contribution in [3.8, 4) is 0 Å². The fourth-order valence-corrected chi connectivity index (χ4v) is 5.07. The molecule has 1 N–H and O–H groups in total. The molecule has 4 rings (SSSR count). The SMILES string of the molecule is OCc1cc2n(n1)CCCN(Cc1ccc(SC3CCCCC3)o1)C2. The van der Waals surface area contributed by atoms with Crippen molar-refractivity contribution in [2.24, 2.45) is 0 Å². The van der Waals surface area contributed by atoms with Gasteiger partial charge in [0.05, 0.1) is 24.5 Å². The van der Waals surface area contributed by atoms with Crippen LogP contribution in [0.5, 0.6) is 0 Å². The summed E-state index contributed by atoms with van der Waals surface area (Å²) >= 11 is 1.92. The average Bonchev–Trinajstić information content (AvgIpc) is 3.18. The van der Waals surface area contributed by atoms with Crippen molar-refractivity contribution in [1.29, 1.82) is 0 Å². The molecule has 1 fully saturated rings. The predicted octanol–water partition coefficient (Wildman–Crippen LogP) is 3.80. The maximum absolute atomic E-state index is 9.29. The Kier molecular flexibility index (Phi) is 5.48. The summed E-state index contributed by atoms with van der Waals surface area (Å²) in [7, 11) is 0. The molecule has 0 unspecified atom stereocenters. The van der Waals surface area contributed by atoms with Gasteiger partial charge >= 0.3 is 0 Å². The second-order valence-corrected chi connectivity index (χ2v) is 8.48. The number of rotatable bonds is 5. The Morgan fingerprint density at radius 3 is 2.88 bits per heavy atom. The molecular formula is C19H27N3O2S. The normalized spacial score (nSPS) is 19.7. The molecule has 2 aliphatic rings. The second kappa shape index (κ2) is 7.98. The summed E-state index contributed by atoms with van der Waals surface area (Å²) in [5.74, 6) is 1.05. The van der Waals surface area contributed by atoms with E-state index in [2.05, 4.69) is 22.1 Å². The van der Waals surface area contributed by atoms with Gasteiger partial charge in [-0.3, -0.25) is 9.58 Å². The number of aliphatic hydroxyl groups is 1. The van der Waals surface area contributed by atoms with Crippen molar-refractivity contribution in [3.63, 3.8) is 0 Å². The third-order valence-electron chi connectivity index (χ3n) is 5.16. The van der Waals surface area contributed by atoms with Gasteiger partial charge in [-0.25, -0.2) is 0 Å². The van der Waals surface area contributed by atoms with Crippen LogP contribution < -0.4 is 0 Å². The monoisotopic (exact) mass is 361 g/mol. The molecular weight excluding hydrogens is 334 g/mol. The molecule has 6 heteroatoms. The Hall–Kier alpha value is -1.24. The number of aryl methyl sites for hydroxylation is 1. The molecule has 136 valence electrons. The molecule has 0 radical (unpaired) electrons. The summed E-state index contributed by atoms with van der Waals surface area (Å²) in [5, 5.41) is 15.5. The lowest BCUT2D eigenvalue weighted by molar-refractivity contribution is 0.232. The molecule has 5 nitrogen and oxygen atoms in total. The third kappa shape index (κ3) is 4.30. The highest BCUT2D eigenvalue weighted by Crippen LogP contribution is 2.34. The van der Waals surface area contributed by atoms with Gasteiger partial charge in [-0.05, 0) is 37.5 Å². The predicted molar refractivity (Wildman–Crippen MR) is 98.3 cm³/mol. The van der Waals surface area contributed by atoms with Gasteiger partial charge in [0, 0.05) is 24.9 Å². The van der Waals surface area contributed by atoms with Crippen LogP contribution in [0.25, 0.3) is 0 Å². The Morgan fingerprint density at radius 2 is 2.04 bits per heavy atom. The molecule has 1 aliphatic carbocycles. The van der Waals surface area contributed by atoms with E-state index in [0.717, 1.165) is 54.4 Å². The van der Waals surface area contributed by atoms with Crippen molar-refractivity contribution in [2.75, 3.05) is 6.54 Å². The first-order valence-corrected chi connectivity index (χ1v) is 10.3. The summed E-state index contributed by atoms with van der Waals surface area (Å²) < 4.78 is 8.14. The zero-order valence-electron chi connectivity index (χ0n) is 14.7. The highest BCUT2D eigenvalue weighted by atomic mass is 32.2. The van der Waals surface area contributed by atoms with E-state index in [-0.39, 0.29) is 6.61 Å². The van der Waals surface area contributed by atoms with E-state index in [1.54, 1.807) is 0 Å². The average molecular weight is 362 g/mol. The van der Waals surface area contributed by atoms with Crippen LogP contribution in [0.2, 0.25) is 0 Å². The fraction of sp³-hybridized carbons (Fsp3) is 0.632. The molecule has 0 aromatic carbocycles. The van der Waals surface area contributed by atoms with Gasteiger partial charge in [0.2, 0.25) is 0 Å². The lowest BCUT2D eigenvalue weighted by Gasteiger charge is -2.20. The smallest absolute Gasteiger partial charge is 0.160 e. The van der Waals surface area contributed by atoms with E-state index >= 15 is 0 Å². The third-order valence-corrected chi connectivity index (χ3v) is 6.41. The summed E-state index contributed by atoms with van der Waals surface area (Å²) in [6.07, 6.45) is 7.84. The molecule has 1 aliphatic heterocycles. The summed E-state index contributed by atoms with van der Waals surface area (Å²) in [4.78, 5) is 2.41. The lowest BCUT2D eigenvalue weighted by Crippen LogP contribution is -2.22. The minimum atomic E-state index is 0.0138. The van der Waals surface area contributed by atoms with Gasteiger partial charge in [-0.15, -0.1) is 0 Å². The number of nitrogens with zero attached hydrogens (tertiary/aromatic N) is 3. The molecule has 25 heavy (non-hydrogen) atoms. The second-order valence-electron chi connectivity index (χ2n) is 7.17. The summed E-state index contributed by atoms with van der Waals surface area (Å²) in [6.45, 7) is 3.68. The maximum atomic E-state index is 9.29. The minimum Gasteiger partial charge on any atom is -0.454 e. The van der Waals surface area contributed by atoms with E-state index in [1.165, 1.54) is 37.8 Å². The van der Waals surface area contributed by atoms with Crippen molar-refractivity contribution < 1.29 is 9.52 Å². The van der Waals surface area contributed by atoms with Crippen LogP contribution in [0, 0.1) is 0 Å². The molecule has 1 saturated carbocycles. The number of hydrogen-bond donors (Lipinski definition) is 1. The van der Waals surface area contributed by atoms with Crippen LogP contribution in [0.1, 0.15) is 55.7 Å². The molecule has 0 atom stereocenters. The maximum Gasteiger partial charge on any atom is 0.160 e. The van der Waals surface area contributed by atoms with Crippen molar-refractivity contribution in [1.82, 2.24) is 14.7 Å². The molecule has 0 spiro atoms. The highest BCUT2D eigenvalue weighted by molar-refractivity contribution is 7.99. The molecule has 0 bridgehead atoms. The van der Waals surface area contributed by atoms with Crippen LogP contribution >= 0.6 is 11.8 Å². The number of thioether (sulfide) groups is 1. The van der Waals surface area contributed by atoms with E-state index in [1.807, 2.05) is 22.5 Å². The molecule has 0 amide bonds. The van der Waals surface area contributed by atoms with Gasteiger partial charge in [-0.1, -0.05) is 31.0 Å². The molecule has 3 heterocycles. The fourth-order valence-electron chi connectivity index (χ4n) is 3.87. The van der Waals surface area contributed by atoms with Gasteiger partial charge in [0.1, 0.15) is 5.76 Å². The number of fused-ring (bicyclic) bond motifs is 1. The topological polar surface area (TPSA) is 54.4 Å². The first kappa shape index (κ1) is 17.2. The molecule has 2 aromatic rings. The number of hydrogen-bond acceptors (Lipinski definition) is 5. The largest absolute Gasteiger partial charge is 0.454 e. The lowest BCUT2D eigenvalue weighted by atomic mass is 10.0. The number of aliphatic hydroxyl groups excluding tert-OH is 1. The van der Waals surface area contributed by atoms with E-state index in [9.17, 15) is 5.11 Å². The number of aromatic nitrogens is 2. The van der Waals surface area contributed by atoms with Crippen molar-refractivity contribution in [3.05, 3.63) is 35.3 Å². The molecule has 0 saturated heterocycles. The van der Waals surface area contributed by atoms with Gasteiger partial charge in [-0.2, -0.15) is 5.10 Å². The Labute approximate surface area is 153 Å². The molecule has 2 aromatic heterocycles. The Bertz CT molecular complexity index is 691. The van der Waals surface area contributed by atoms with Crippen LogP contribution in [0.15, 0.2) is 27.7 Å². The van der Waals surface area contributed by atoms with Crippen LogP contribution in [-0.4, -0.2) is 31.6 Å². The van der Waals surface area contributed by atoms with Crippen LogP contribution in [0.3, 0.4) is 0 Å². The summed E-state index contributed by atoms with van der Waals surface area (Å²) in [6, 6.07) is 6.29. The Balaban J connectivity index is 1.36.